The van der Waals surface area contributed by atoms with Crippen LogP contribution in [0.3, 0.4) is 0 Å². The first-order valence-corrected chi connectivity index (χ1v) is 9.71. The number of nitrogens with zero attached hydrogens (tertiary/aromatic N) is 1. The summed E-state index contributed by atoms with van der Waals surface area (Å²) in [6.07, 6.45) is 1.46. The Hall–Kier alpha value is -4.44. The van der Waals surface area contributed by atoms with Crippen molar-refractivity contribution in [1.29, 1.82) is 5.26 Å². The van der Waals surface area contributed by atoms with Gasteiger partial charge in [0.15, 0.2) is 0 Å². The molecular weight excluding hydrogens is 409 g/mol. The van der Waals surface area contributed by atoms with Crippen LogP contribution < -0.4 is 15.4 Å². The summed E-state index contributed by atoms with van der Waals surface area (Å²) in [6.45, 7) is 1.50. The average Bonchev–Trinajstić information content (AvgIpc) is 2.78. The first kappa shape index (κ1) is 22.2. The second kappa shape index (κ2) is 10.5. The number of rotatable bonds is 7. The van der Waals surface area contributed by atoms with Crippen molar-refractivity contribution in [2.45, 2.75) is 13.5 Å². The molecule has 3 aromatic rings. The second-order valence-electron chi connectivity index (χ2n) is 6.83. The summed E-state index contributed by atoms with van der Waals surface area (Å²) < 4.78 is 19.3. The maximum atomic E-state index is 13.7. The van der Waals surface area contributed by atoms with E-state index in [1.165, 1.54) is 19.1 Å². The van der Waals surface area contributed by atoms with Crippen LogP contribution in [0.25, 0.3) is 6.08 Å². The monoisotopic (exact) mass is 429 g/mol. The van der Waals surface area contributed by atoms with Gasteiger partial charge in [-0.1, -0.05) is 30.3 Å². The summed E-state index contributed by atoms with van der Waals surface area (Å²) in [7, 11) is 0. The molecule has 32 heavy (non-hydrogen) atoms. The van der Waals surface area contributed by atoms with Crippen LogP contribution in [0.15, 0.2) is 78.4 Å². The molecule has 0 fully saturated rings. The summed E-state index contributed by atoms with van der Waals surface area (Å²) in [5.74, 6) is -0.547. The average molecular weight is 429 g/mol. The summed E-state index contributed by atoms with van der Waals surface area (Å²) in [4.78, 5) is 23.5. The minimum absolute atomic E-state index is 0.0732. The number of hydrogen-bond acceptors (Lipinski definition) is 4. The van der Waals surface area contributed by atoms with Crippen LogP contribution in [0.1, 0.15) is 18.1 Å². The number of nitrogens with one attached hydrogen (secondary N) is 2. The van der Waals surface area contributed by atoms with Gasteiger partial charge in [0.05, 0.1) is 0 Å². The van der Waals surface area contributed by atoms with Gasteiger partial charge in [-0.3, -0.25) is 9.59 Å². The zero-order valence-electron chi connectivity index (χ0n) is 17.3. The van der Waals surface area contributed by atoms with Gasteiger partial charge in [0.2, 0.25) is 5.91 Å². The van der Waals surface area contributed by atoms with E-state index in [4.69, 9.17) is 4.74 Å². The third-order valence-electron chi connectivity index (χ3n) is 4.37. The standard InChI is InChI=1S/C25H20FN3O3/c1-17(30)28-21-8-10-22(11-9-21)29-25(31)20(15-27)14-18-6-12-23(13-7-18)32-16-19-4-2-3-5-24(19)26/h2-14H,16H2,1H3,(H,28,30)(H,29,31)/b20-14+. The Bertz CT molecular complexity index is 1180. The van der Waals surface area contributed by atoms with Gasteiger partial charge in [-0.05, 0) is 54.1 Å². The predicted octanol–water partition coefficient (Wildman–Crippen LogP) is 4.91. The molecule has 2 N–H and O–H groups in total. The molecule has 6 nitrogen and oxygen atoms in total. The molecule has 160 valence electrons. The van der Waals surface area contributed by atoms with Gasteiger partial charge in [-0.15, -0.1) is 0 Å². The molecule has 0 heterocycles. The lowest BCUT2D eigenvalue weighted by Gasteiger charge is -2.08. The second-order valence-corrected chi connectivity index (χ2v) is 6.83. The SMILES string of the molecule is CC(=O)Nc1ccc(NC(=O)/C(C#N)=C/c2ccc(OCc3ccccc3F)cc2)cc1. The Kier molecular flexibility index (Phi) is 7.33. The Morgan fingerprint density at radius 2 is 1.59 bits per heavy atom. The fourth-order valence-corrected chi connectivity index (χ4v) is 2.79. The van der Waals surface area contributed by atoms with Crippen molar-refractivity contribution in [3.63, 3.8) is 0 Å². The molecule has 0 aliphatic carbocycles. The highest BCUT2D eigenvalue weighted by atomic mass is 19.1. The van der Waals surface area contributed by atoms with Crippen LogP contribution in [0, 0.1) is 17.1 Å². The molecule has 0 aliphatic heterocycles. The minimum Gasteiger partial charge on any atom is -0.489 e. The summed E-state index contributed by atoms with van der Waals surface area (Å²) in [5, 5.41) is 14.7. The van der Waals surface area contributed by atoms with Gasteiger partial charge in [0, 0.05) is 23.9 Å². The Labute approximate surface area is 185 Å². The van der Waals surface area contributed by atoms with Gasteiger partial charge < -0.3 is 15.4 Å². The van der Waals surface area contributed by atoms with Gasteiger partial charge in [0.25, 0.3) is 5.91 Å². The van der Waals surface area contributed by atoms with Crippen molar-refractivity contribution in [2.75, 3.05) is 10.6 Å². The maximum Gasteiger partial charge on any atom is 0.266 e. The molecule has 0 saturated heterocycles. The van der Waals surface area contributed by atoms with Crippen molar-refractivity contribution in [1.82, 2.24) is 0 Å². The topological polar surface area (TPSA) is 91.2 Å². The molecular formula is C25H20FN3O3. The van der Waals surface area contributed by atoms with E-state index < -0.39 is 5.91 Å². The lowest BCUT2D eigenvalue weighted by Crippen LogP contribution is -2.13. The van der Waals surface area contributed by atoms with Crippen molar-refractivity contribution < 1.29 is 18.7 Å². The van der Waals surface area contributed by atoms with E-state index in [9.17, 15) is 19.2 Å². The highest BCUT2D eigenvalue weighted by Gasteiger charge is 2.10. The van der Waals surface area contributed by atoms with Gasteiger partial charge >= 0.3 is 0 Å². The van der Waals surface area contributed by atoms with Gasteiger partial charge in [0.1, 0.15) is 29.8 Å². The Morgan fingerprint density at radius 1 is 0.969 bits per heavy atom. The molecule has 0 spiro atoms. The van der Waals surface area contributed by atoms with Crippen molar-refractivity contribution in [2.24, 2.45) is 0 Å². The summed E-state index contributed by atoms with van der Waals surface area (Å²) in [5.41, 5.74) is 2.10. The van der Waals surface area contributed by atoms with Crippen LogP contribution in [0.4, 0.5) is 15.8 Å². The summed E-state index contributed by atoms with van der Waals surface area (Å²) in [6, 6.07) is 21.6. The highest BCUT2D eigenvalue weighted by molar-refractivity contribution is 6.09. The Morgan fingerprint density at radius 3 is 2.19 bits per heavy atom. The number of nitriles is 1. The number of halogens is 1. The van der Waals surface area contributed by atoms with Crippen molar-refractivity contribution in [3.05, 3.63) is 95.3 Å². The number of ether oxygens (including phenoxy) is 1. The van der Waals surface area contributed by atoms with Crippen LogP contribution in [-0.2, 0) is 16.2 Å². The number of carbonyl (C=O) groups excluding carboxylic acids is 2. The normalized spacial score (nSPS) is 10.7. The summed E-state index contributed by atoms with van der Waals surface area (Å²) >= 11 is 0. The van der Waals surface area contributed by atoms with Crippen LogP contribution >= 0.6 is 0 Å². The van der Waals surface area contributed by atoms with Gasteiger partial charge in [-0.25, -0.2) is 4.39 Å². The molecule has 0 aromatic heterocycles. The van der Waals surface area contributed by atoms with E-state index in [0.29, 0.717) is 28.3 Å². The van der Waals surface area contributed by atoms with Crippen molar-refractivity contribution >= 4 is 29.3 Å². The molecule has 0 unspecified atom stereocenters. The van der Waals surface area contributed by atoms with Crippen molar-refractivity contribution in [3.8, 4) is 11.8 Å². The van der Waals surface area contributed by atoms with Crippen LogP contribution in [0.2, 0.25) is 0 Å². The molecule has 2 amide bonds. The van der Waals surface area contributed by atoms with E-state index in [-0.39, 0.29) is 23.9 Å². The number of anilines is 2. The largest absolute Gasteiger partial charge is 0.489 e. The van der Waals surface area contributed by atoms with Crippen LogP contribution in [0.5, 0.6) is 5.75 Å². The Balaban J connectivity index is 1.62. The molecule has 0 saturated carbocycles. The van der Waals surface area contributed by atoms with E-state index in [1.807, 2.05) is 6.07 Å². The molecule has 0 radical (unpaired) electrons. The molecule has 7 heteroatoms. The number of benzene rings is 3. The first-order chi connectivity index (χ1) is 15.4. The molecule has 3 rings (SSSR count). The third-order valence-corrected chi connectivity index (χ3v) is 4.37. The van der Waals surface area contributed by atoms with E-state index in [0.717, 1.165) is 0 Å². The third kappa shape index (κ3) is 6.28. The zero-order chi connectivity index (χ0) is 22.9. The molecule has 3 aromatic carbocycles. The maximum absolute atomic E-state index is 13.7. The smallest absolute Gasteiger partial charge is 0.266 e. The fourth-order valence-electron chi connectivity index (χ4n) is 2.79. The van der Waals surface area contributed by atoms with Gasteiger partial charge in [-0.2, -0.15) is 5.26 Å². The van der Waals surface area contributed by atoms with Crippen LogP contribution in [-0.4, -0.2) is 11.8 Å². The lowest BCUT2D eigenvalue weighted by atomic mass is 10.1. The number of hydrogen-bond donors (Lipinski definition) is 2. The minimum atomic E-state index is -0.556. The zero-order valence-corrected chi connectivity index (χ0v) is 17.3. The number of amides is 2. The van der Waals surface area contributed by atoms with E-state index in [1.54, 1.807) is 66.7 Å². The van der Waals surface area contributed by atoms with E-state index >= 15 is 0 Å². The highest BCUT2D eigenvalue weighted by Crippen LogP contribution is 2.18. The fraction of sp³-hybridized carbons (Fsp3) is 0.0800. The lowest BCUT2D eigenvalue weighted by molar-refractivity contribution is -0.114. The molecule has 0 aliphatic rings. The predicted molar refractivity (Wildman–Crippen MR) is 120 cm³/mol. The molecule has 0 bridgehead atoms. The molecule has 0 atom stereocenters. The first-order valence-electron chi connectivity index (χ1n) is 9.71. The number of carbonyl (C=O) groups is 2. The van der Waals surface area contributed by atoms with E-state index in [2.05, 4.69) is 10.6 Å². The quantitative estimate of drug-likeness (QED) is 0.412.